The van der Waals surface area contributed by atoms with E-state index in [1.54, 1.807) is 0 Å². The minimum atomic E-state index is 0.542. The predicted molar refractivity (Wildman–Crippen MR) is 86.9 cm³/mol. The number of nitrogens with one attached hydrogen (secondary N) is 1. The fourth-order valence-corrected chi connectivity index (χ4v) is 3.22. The fraction of sp³-hybridized carbons (Fsp3) is 0.667. The molecule has 0 radical (unpaired) electrons. The van der Waals surface area contributed by atoms with Crippen molar-refractivity contribution in [3.05, 3.63) is 35.9 Å². The molecule has 2 nitrogen and oxygen atoms in total. The minimum absolute atomic E-state index is 0.542. The van der Waals surface area contributed by atoms with Crippen LogP contribution in [0.15, 0.2) is 30.3 Å². The summed E-state index contributed by atoms with van der Waals surface area (Å²) in [5.74, 6) is 0.950. The molecule has 0 saturated carbocycles. The van der Waals surface area contributed by atoms with Crippen molar-refractivity contribution in [1.29, 1.82) is 0 Å². The van der Waals surface area contributed by atoms with E-state index in [1.807, 2.05) is 0 Å². The van der Waals surface area contributed by atoms with Crippen LogP contribution in [-0.2, 0) is 0 Å². The molecule has 1 heterocycles. The van der Waals surface area contributed by atoms with Crippen LogP contribution in [0.4, 0.5) is 0 Å². The van der Waals surface area contributed by atoms with E-state index < -0.39 is 0 Å². The molecule has 1 unspecified atom stereocenters. The van der Waals surface area contributed by atoms with Crippen molar-refractivity contribution < 1.29 is 0 Å². The van der Waals surface area contributed by atoms with Gasteiger partial charge in [0.1, 0.15) is 0 Å². The third-order valence-electron chi connectivity index (χ3n) is 4.62. The first-order valence-electron chi connectivity index (χ1n) is 8.34. The van der Waals surface area contributed by atoms with Crippen LogP contribution in [0.1, 0.15) is 51.1 Å². The van der Waals surface area contributed by atoms with Gasteiger partial charge in [-0.2, -0.15) is 0 Å². The van der Waals surface area contributed by atoms with Gasteiger partial charge in [-0.05, 0) is 50.4 Å². The Morgan fingerprint density at radius 3 is 2.45 bits per heavy atom. The van der Waals surface area contributed by atoms with Crippen LogP contribution in [-0.4, -0.2) is 31.1 Å². The molecule has 1 atom stereocenters. The molecule has 1 fully saturated rings. The van der Waals surface area contributed by atoms with Gasteiger partial charge in [0.05, 0.1) is 0 Å². The lowest BCUT2D eigenvalue weighted by molar-refractivity contribution is 0.128. The summed E-state index contributed by atoms with van der Waals surface area (Å²) in [5, 5.41) is 3.61. The Kier molecular flexibility index (Phi) is 6.55. The van der Waals surface area contributed by atoms with Gasteiger partial charge in [-0.3, -0.25) is 4.90 Å². The van der Waals surface area contributed by atoms with Gasteiger partial charge >= 0.3 is 0 Å². The maximum Gasteiger partial charge on any atom is 0.0472 e. The topological polar surface area (TPSA) is 15.3 Å². The summed E-state index contributed by atoms with van der Waals surface area (Å²) < 4.78 is 0. The van der Waals surface area contributed by atoms with Gasteiger partial charge in [-0.15, -0.1) is 0 Å². The molecule has 1 aliphatic rings. The van der Waals surface area contributed by atoms with Crippen molar-refractivity contribution in [1.82, 2.24) is 10.2 Å². The zero-order chi connectivity index (χ0) is 14.2. The highest BCUT2D eigenvalue weighted by atomic mass is 15.2. The second-order valence-electron chi connectivity index (χ2n) is 6.02. The van der Waals surface area contributed by atoms with Crippen LogP contribution in [0, 0.1) is 5.92 Å². The zero-order valence-corrected chi connectivity index (χ0v) is 13.1. The molecule has 0 aliphatic carbocycles. The van der Waals surface area contributed by atoms with E-state index in [0.29, 0.717) is 6.04 Å². The zero-order valence-electron chi connectivity index (χ0n) is 13.1. The van der Waals surface area contributed by atoms with E-state index in [0.717, 1.165) is 19.0 Å². The molecule has 112 valence electrons. The summed E-state index contributed by atoms with van der Waals surface area (Å²) in [6.45, 7) is 9.27. The van der Waals surface area contributed by atoms with E-state index in [4.69, 9.17) is 0 Å². The second-order valence-corrected chi connectivity index (χ2v) is 6.02. The van der Waals surface area contributed by atoms with E-state index in [1.165, 1.54) is 44.3 Å². The normalized spacial score (nSPS) is 19.1. The fourth-order valence-electron chi connectivity index (χ4n) is 3.22. The number of rotatable bonds is 7. The van der Waals surface area contributed by atoms with Gasteiger partial charge in [-0.1, -0.05) is 50.6 Å². The highest BCUT2D eigenvalue weighted by Gasteiger charge is 2.24. The van der Waals surface area contributed by atoms with Gasteiger partial charge in [-0.25, -0.2) is 0 Å². The highest BCUT2D eigenvalue weighted by Crippen LogP contribution is 2.27. The maximum atomic E-state index is 3.61. The third kappa shape index (κ3) is 4.32. The van der Waals surface area contributed by atoms with Crippen molar-refractivity contribution >= 4 is 0 Å². The van der Waals surface area contributed by atoms with Crippen LogP contribution >= 0.6 is 0 Å². The van der Waals surface area contributed by atoms with E-state index in [2.05, 4.69) is 54.4 Å². The molecular formula is C18H30N2. The summed E-state index contributed by atoms with van der Waals surface area (Å²) in [5.41, 5.74) is 1.46. The summed E-state index contributed by atoms with van der Waals surface area (Å²) in [7, 11) is 0. The van der Waals surface area contributed by atoms with Gasteiger partial charge in [0.2, 0.25) is 0 Å². The van der Waals surface area contributed by atoms with Crippen molar-refractivity contribution in [2.75, 3.05) is 26.2 Å². The lowest BCUT2D eigenvalue weighted by Crippen LogP contribution is -2.41. The monoisotopic (exact) mass is 274 g/mol. The second kappa shape index (κ2) is 8.43. The van der Waals surface area contributed by atoms with Gasteiger partial charge in [0.15, 0.2) is 0 Å². The number of hydrogen-bond donors (Lipinski definition) is 1. The Labute approximate surface area is 124 Å². The Morgan fingerprint density at radius 1 is 1.15 bits per heavy atom. The molecule has 20 heavy (non-hydrogen) atoms. The molecule has 1 aromatic rings. The van der Waals surface area contributed by atoms with Crippen molar-refractivity contribution in [2.45, 2.75) is 45.6 Å². The van der Waals surface area contributed by atoms with Crippen LogP contribution < -0.4 is 5.32 Å². The molecule has 1 aromatic carbocycles. The molecule has 1 aliphatic heterocycles. The Morgan fingerprint density at radius 2 is 1.85 bits per heavy atom. The molecule has 1 N–H and O–H groups in total. The number of nitrogens with zero attached hydrogens (tertiary/aromatic N) is 1. The van der Waals surface area contributed by atoms with Crippen molar-refractivity contribution in [2.24, 2.45) is 5.92 Å². The molecule has 1 saturated heterocycles. The lowest BCUT2D eigenvalue weighted by atomic mass is 9.92. The van der Waals surface area contributed by atoms with Crippen molar-refractivity contribution in [3.63, 3.8) is 0 Å². The summed E-state index contributed by atoms with van der Waals surface area (Å²) in [6.07, 6.45) is 5.29. The van der Waals surface area contributed by atoms with Gasteiger partial charge in [0.25, 0.3) is 0 Å². The molecule has 0 spiro atoms. The van der Waals surface area contributed by atoms with Crippen molar-refractivity contribution in [3.8, 4) is 0 Å². The first-order valence-corrected chi connectivity index (χ1v) is 8.34. The number of likely N-dealkylation sites (tertiary alicyclic amines) is 1. The van der Waals surface area contributed by atoms with Gasteiger partial charge < -0.3 is 5.32 Å². The Bertz CT molecular complexity index is 355. The smallest absolute Gasteiger partial charge is 0.0472 e. The Balaban J connectivity index is 1.99. The SMILES string of the molecule is CCCNCC(c1ccccc1)N1CCC(CC)CC1. The van der Waals surface area contributed by atoms with Crippen LogP contribution in [0.5, 0.6) is 0 Å². The molecule has 0 aromatic heterocycles. The Hall–Kier alpha value is -0.860. The summed E-state index contributed by atoms with van der Waals surface area (Å²) >= 11 is 0. The first-order chi connectivity index (χ1) is 9.85. The maximum absolute atomic E-state index is 3.61. The molecule has 2 rings (SSSR count). The van der Waals surface area contributed by atoms with Gasteiger partial charge in [0, 0.05) is 12.6 Å². The highest BCUT2D eigenvalue weighted by molar-refractivity contribution is 5.19. The standard InChI is InChI=1S/C18H30N2/c1-3-12-19-15-18(17-8-6-5-7-9-17)20-13-10-16(4-2)11-14-20/h5-9,16,18-19H,3-4,10-15H2,1-2H3. The minimum Gasteiger partial charge on any atom is -0.315 e. The summed E-state index contributed by atoms with van der Waals surface area (Å²) in [6, 6.07) is 11.6. The molecular weight excluding hydrogens is 244 g/mol. The molecule has 0 amide bonds. The first kappa shape index (κ1) is 15.5. The number of benzene rings is 1. The average Bonchev–Trinajstić information content (AvgIpc) is 2.53. The van der Waals surface area contributed by atoms with E-state index >= 15 is 0 Å². The molecule has 2 heteroatoms. The molecule has 0 bridgehead atoms. The van der Waals surface area contributed by atoms with E-state index in [9.17, 15) is 0 Å². The summed E-state index contributed by atoms with van der Waals surface area (Å²) in [4.78, 5) is 2.68. The lowest BCUT2D eigenvalue weighted by Gasteiger charge is -2.38. The average molecular weight is 274 g/mol. The number of hydrogen-bond acceptors (Lipinski definition) is 2. The van der Waals surface area contributed by atoms with Crippen LogP contribution in [0.3, 0.4) is 0 Å². The quantitative estimate of drug-likeness (QED) is 0.760. The largest absolute Gasteiger partial charge is 0.315 e. The van der Waals surface area contributed by atoms with Crippen LogP contribution in [0.2, 0.25) is 0 Å². The van der Waals surface area contributed by atoms with E-state index in [-0.39, 0.29) is 0 Å². The number of piperidine rings is 1. The van der Waals surface area contributed by atoms with Crippen LogP contribution in [0.25, 0.3) is 0 Å². The third-order valence-corrected chi connectivity index (χ3v) is 4.62. The predicted octanol–water partition coefficient (Wildman–Crippen LogP) is 3.85.